The number of thioether (sulfide) groups is 1. The Morgan fingerprint density at radius 2 is 2.00 bits per heavy atom. The number of nitrogens with zero attached hydrogens (tertiary/aromatic N) is 2. The molecule has 1 aromatic carbocycles. The van der Waals surface area contributed by atoms with Gasteiger partial charge in [0.05, 0.1) is 5.39 Å². The van der Waals surface area contributed by atoms with Crippen LogP contribution in [0.25, 0.3) is 10.2 Å². The normalized spacial score (nSPS) is 11.0. The first-order valence-electron chi connectivity index (χ1n) is 7.95. The average molecular weight is 344 g/mol. The van der Waals surface area contributed by atoms with Gasteiger partial charge in [0, 0.05) is 11.4 Å². The Labute approximate surface area is 145 Å². The minimum absolute atomic E-state index is 0.868. The van der Waals surface area contributed by atoms with Crippen LogP contribution < -0.4 is 5.32 Å². The highest BCUT2D eigenvalue weighted by molar-refractivity contribution is 7.99. The van der Waals surface area contributed by atoms with Gasteiger partial charge in [-0.25, -0.2) is 9.97 Å². The molecule has 3 nitrogen and oxygen atoms in total. The summed E-state index contributed by atoms with van der Waals surface area (Å²) in [4.78, 5) is 11.7. The van der Waals surface area contributed by atoms with Crippen molar-refractivity contribution in [3.8, 4) is 0 Å². The van der Waals surface area contributed by atoms with Gasteiger partial charge in [-0.15, -0.1) is 11.3 Å². The molecule has 0 radical (unpaired) electrons. The van der Waals surface area contributed by atoms with E-state index < -0.39 is 0 Å². The number of anilines is 1. The maximum atomic E-state index is 4.70. The Kier molecular flexibility index (Phi) is 5.51. The first kappa shape index (κ1) is 16.3. The second-order valence-corrected chi connectivity index (χ2v) is 7.85. The third-order valence-electron chi connectivity index (χ3n) is 3.55. The molecule has 0 fully saturated rings. The molecule has 3 aromatic rings. The Morgan fingerprint density at radius 1 is 1.17 bits per heavy atom. The monoisotopic (exact) mass is 343 g/mol. The van der Waals surface area contributed by atoms with Gasteiger partial charge in [0.1, 0.15) is 10.6 Å². The number of aryl methyl sites for hydroxylation is 2. The lowest BCUT2D eigenvalue weighted by molar-refractivity contribution is 0.855. The topological polar surface area (TPSA) is 37.8 Å². The van der Waals surface area contributed by atoms with Crippen LogP contribution in [-0.4, -0.2) is 22.3 Å². The van der Waals surface area contributed by atoms with Crippen molar-refractivity contribution in [1.29, 1.82) is 0 Å². The van der Waals surface area contributed by atoms with Crippen LogP contribution in [0.1, 0.15) is 23.8 Å². The molecule has 0 saturated carbocycles. The van der Waals surface area contributed by atoms with Crippen LogP contribution >= 0.6 is 23.1 Å². The van der Waals surface area contributed by atoms with Gasteiger partial charge in [-0.05, 0) is 37.1 Å². The van der Waals surface area contributed by atoms with Gasteiger partial charge in [0.15, 0.2) is 5.16 Å². The fraction of sp³-hybridized carbons (Fsp3) is 0.333. The molecule has 2 heterocycles. The molecule has 23 heavy (non-hydrogen) atoms. The zero-order valence-corrected chi connectivity index (χ0v) is 15.1. The quantitative estimate of drug-likeness (QED) is 0.365. The number of thiophene rings is 1. The van der Waals surface area contributed by atoms with E-state index in [9.17, 15) is 0 Å². The molecule has 0 atom stereocenters. The third kappa shape index (κ3) is 4.24. The van der Waals surface area contributed by atoms with Crippen molar-refractivity contribution in [3.63, 3.8) is 0 Å². The van der Waals surface area contributed by atoms with Gasteiger partial charge in [-0.2, -0.15) is 0 Å². The summed E-state index contributed by atoms with van der Waals surface area (Å²) in [6, 6.07) is 12.8. The van der Waals surface area contributed by atoms with Crippen LogP contribution in [-0.2, 0) is 6.42 Å². The lowest BCUT2D eigenvalue weighted by Crippen LogP contribution is -2.06. The summed E-state index contributed by atoms with van der Waals surface area (Å²) in [6.45, 7) is 5.18. The first-order chi connectivity index (χ1) is 11.3. The van der Waals surface area contributed by atoms with Crippen LogP contribution in [0.3, 0.4) is 0 Å². The minimum Gasteiger partial charge on any atom is -0.369 e. The second kappa shape index (κ2) is 7.79. The highest BCUT2D eigenvalue weighted by atomic mass is 32.2. The van der Waals surface area contributed by atoms with E-state index in [0.29, 0.717) is 0 Å². The zero-order valence-electron chi connectivity index (χ0n) is 13.5. The van der Waals surface area contributed by atoms with Crippen molar-refractivity contribution in [2.45, 2.75) is 31.8 Å². The van der Waals surface area contributed by atoms with Gasteiger partial charge >= 0.3 is 0 Å². The number of rotatable bonds is 7. The predicted molar refractivity (Wildman–Crippen MR) is 102 cm³/mol. The molecule has 2 aromatic heterocycles. The van der Waals surface area contributed by atoms with E-state index in [4.69, 9.17) is 4.98 Å². The maximum absolute atomic E-state index is 4.70. The van der Waals surface area contributed by atoms with Crippen molar-refractivity contribution in [2.75, 3.05) is 17.6 Å². The lowest BCUT2D eigenvalue weighted by Gasteiger charge is -2.08. The molecule has 3 rings (SSSR count). The molecule has 0 bridgehead atoms. The standard InChI is InChI=1S/C18H21N3S2/c1-3-22-18-20-16(15-12-13(2)23-17(15)21-18)19-11-7-10-14-8-5-4-6-9-14/h4-6,8-9,12H,3,7,10-11H2,1-2H3,(H,19,20,21). The van der Waals surface area contributed by atoms with Crippen molar-refractivity contribution in [2.24, 2.45) is 0 Å². The fourth-order valence-corrected chi connectivity index (χ4v) is 4.00. The molecule has 0 amide bonds. The summed E-state index contributed by atoms with van der Waals surface area (Å²) >= 11 is 3.43. The Balaban J connectivity index is 1.68. The van der Waals surface area contributed by atoms with Crippen LogP contribution in [0.15, 0.2) is 41.6 Å². The Hall–Kier alpha value is -1.59. The highest BCUT2D eigenvalue weighted by Crippen LogP contribution is 2.30. The Bertz CT molecular complexity index is 769. The van der Waals surface area contributed by atoms with Crippen LogP contribution in [0.4, 0.5) is 5.82 Å². The van der Waals surface area contributed by atoms with Gasteiger partial charge in [-0.1, -0.05) is 49.0 Å². The van der Waals surface area contributed by atoms with Crippen molar-refractivity contribution in [3.05, 3.63) is 46.8 Å². The van der Waals surface area contributed by atoms with Crippen molar-refractivity contribution >= 4 is 39.1 Å². The fourth-order valence-electron chi connectivity index (χ4n) is 2.49. The summed E-state index contributed by atoms with van der Waals surface area (Å²) < 4.78 is 0. The molecule has 0 aliphatic carbocycles. The number of hydrogen-bond donors (Lipinski definition) is 1. The maximum Gasteiger partial charge on any atom is 0.190 e. The van der Waals surface area contributed by atoms with E-state index in [1.807, 2.05) is 0 Å². The molecule has 1 N–H and O–H groups in total. The van der Waals surface area contributed by atoms with Crippen LogP contribution in [0.5, 0.6) is 0 Å². The third-order valence-corrected chi connectivity index (χ3v) is 5.22. The lowest BCUT2D eigenvalue weighted by atomic mass is 10.1. The van der Waals surface area contributed by atoms with Crippen LogP contribution in [0, 0.1) is 6.92 Å². The smallest absolute Gasteiger partial charge is 0.190 e. The van der Waals surface area contributed by atoms with Crippen LogP contribution in [0.2, 0.25) is 0 Å². The highest BCUT2D eigenvalue weighted by Gasteiger charge is 2.10. The second-order valence-electron chi connectivity index (χ2n) is 5.38. The molecule has 5 heteroatoms. The van der Waals surface area contributed by atoms with E-state index >= 15 is 0 Å². The molecule has 0 spiro atoms. The number of aromatic nitrogens is 2. The molecule has 0 aliphatic rings. The van der Waals surface area contributed by atoms with Gasteiger partial charge in [0.2, 0.25) is 0 Å². The van der Waals surface area contributed by atoms with E-state index in [-0.39, 0.29) is 0 Å². The summed E-state index contributed by atoms with van der Waals surface area (Å²) in [5.74, 6) is 1.96. The minimum atomic E-state index is 0.868. The van der Waals surface area contributed by atoms with Gasteiger partial charge in [-0.3, -0.25) is 0 Å². The molecule has 120 valence electrons. The van der Waals surface area contributed by atoms with Crippen molar-refractivity contribution in [1.82, 2.24) is 9.97 Å². The largest absolute Gasteiger partial charge is 0.369 e. The summed E-state index contributed by atoms with van der Waals surface area (Å²) in [7, 11) is 0. The molecule has 0 unspecified atom stereocenters. The van der Waals surface area contributed by atoms with E-state index in [0.717, 1.165) is 46.3 Å². The number of nitrogens with one attached hydrogen (secondary N) is 1. The van der Waals surface area contributed by atoms with Gasteiger partial charge < -0.3 is 5.32 Å². The molecular weight excluding hydrogens is 322 g/mol. The number of hydrogen-bond acceptors (Lipinski definition) is 5. The Morgan fingerprint density at radius 3 is 2.78 bits per heavy atom. The average Bonchev–Trinajstić information content (AvgIpc) is 2.93. The van der Waals surface area contributed by atoms with E-state index in [1.165, 1.54) is 10.4 Å². The summed E-state index contributed by atoms with van der Waals surface area (Å²) in [5.41, 5.74) is 1.38. The number of fused-ring (bicyclic) bond motifs is 1. The van der Waals surface area contributed by atoms with E-state index in [2.05, 4.69) is 60.5 Å². The first-order valence-corrected chi connectivity index (χ1v) is 9.75. The summed E-state index contributed by atoms with van der Waals surface area (Å²) in [6.07, 6.45) is 2.18. The van der Waals surface area contributed by atoms with Gasteiger partial charge in [0.25, 0.3) is 0 Å². The molecule has 0 saturated heterocycles. The SMILES string of the molecule is CCSc1nc(NCCCc2ccccc2)c2cc(C)sc2n1. The summed E-state index contributed by atoms with van der Waals surface area (Å²) in [5, 5.41) is 5.53. The number of benzene rings is 1. The molecule has 0 aliphatic heterocycles. The van der Waals surface area contributed by atoms with Crippen molar-refractivity contribution < 1.29 is 0 Å². The zero-order chi connectivity index (χ0) is 16.1. The molecular formula is C18H21N3S2. The predicted octanol–water partition coefficient (Wildman–Crippen LogP) is 5.16. The van der Waals surface area contributed by atoms with E-state index in [1.54, 1.807) is 23.1 Å².